The van der Waals surface area contributed by atoms with Gasteiger partial charge in [-0.25, -0.2) is 8.42 Å². The number of hydrogen-bond acceptors (Lipinski definition) is 5. The molecule has 0 aromatic heterocycles. The van der Waals surface area contributed by atoms with Crippen LogP contribution in [0.1, 0.15) is 42.0 Å². The number of rotatable bonds is 16. The van der Waals surface area contributed by atoms with Crippen LogP contribution in [0.5, 0.6) is 5.75 Å². The summed E-state index contributed by atoms with van der Waals surface area (Å²) in [5.74, 6) is -0.189. The summed E-state index contributed by atoms with van der Waals surface area (Å²) in [6.07, 6.45) is 3.07. The number of anilines is 1. The average Bonchev–Trinajstić information content (AvgIpc) is 3.06. The summed E-state index contributed by atoms with van der Waals surface area (Å²) in [6.45, 7) is 4.55. The normalized spacial score (nSPS) is 11.8. The van der Waals surface area contributed by atoms with E-state index in [9.17, 15) is 18.0 Å². The van der Waals surface area contributed by atoms with E-state index in [2.05, 4.69) is 5.32 Å². The standard InChI is InChI=1S/C37H43N3O5S/c1-4-5-24-38-37(42)35(25-30-12-8-6-9-13-30)39(26-31-18-16-29(2)17-19-31)36(41)27-40(46(3,43)44)33-20-22-34(23-21-33)45-28-32-14-10-7-11-15-32/h6-23,35H,4-5,24-28H2,1-3H3,(H,38,42)/t35-/m1/s1. The van der Waals surface area contributed by atoms with E-state index < -0.39 is 28.5 Å². The molecule has 0 aliphatic heterocycles. The third kappa shape index (κ3) is 10.2. The molecule has 46 heavy (non-hydrogen) atoms. The maximum Gasteiger partial charge on any atom is 0.244 e. The van der Waals surface area contributed by atoms with Crippen molar-refractivity contribution in [1.82, 2.24) is 10.2 Å². The third-order valence-electron chi connectivity index (χ3n) is 7.63. The second kappa shape index (κ2) is 16.6. The van der Waals surface area contributed by atoms with Crippen LogP contribution in [0.3, 0.4) is 0 Å². The predicted molar refractivity (Wildman–Crippen MR) is 183 cm³/mol. The van der Waals surface area contributed by atoms with Crippen molar-refractivity contribution in [2.45, 2.75) is 52.3 Å². The fourth-order valence-corrected chi connectivity index (χ4v) is 5.86. The van der Waals surface area contributed by atoms with Crippen LogP contribution >= 0.6 is 0 Å². The minimum Gasteiger partial charge on any atom is -0.489 e. The Morgan fingerprint density at radius 1 is 0.804 bits per heavy atom. The second-order valence-corrected chi connectivity index (χ2v) is 13.3. The van der Waals surface area contributed by atoms with Crippen molar-refractivity contribution in [1.29, 1.82) is 0 Å². The van der Waals surface area contributed by atoms with Gasteiger partial charge in [0, 0.05) is 19.5 Å². The molecule has 2 amide bonds. The molecule has 1 N–H and O–H groups in total. The SMILES string of the molecule is CCCCNC(=O)[C@@H](Cc1ccccc1)N(Cc1ccc(C)cc1)C(=O)CN(c1ccc(OCc2ccccc2)cc1)S(C)(=O)=O. The summed E-state index contributed by atoms with van der Waals surface area (Å²) in [5.41, 5.74) is 4.13. The Kier molecular flexibility index (Phi) is 12.4. The molecule has 4 aromatic carbocycles. The van der Waals surface area contributed by atoms with Crippen molar-refractivity contribution in [2.24, 2.45) is 0 Å². The van der Waals surface area contributed by atoms with E-state index in [0.29, 0.717) is 24.6 Å². The zero-order chi connectivity index (χ0) is 32.9. The van der Waals surface area contributed by atoms with Crippen LogP contribution in [0, 0.1) is 6.92 Å². The van der Waals surface area contributed by atoms with Gasteiger partial charge >= 0.3 is 0 Å². The minimum absolute atomic E-state index is 0.141. The highest BCUT2D eigenvalue weighted by atomic mass is 32.2. The van der Waals surface area contributed by atoms with Crippen LogP contribution in [-0.2, 0) is 39.2 Å². The Morgan fingerprint density at radius 2 is 1.41 bits per heavy atom. The van der Waals surface area contributed by atoms with Gasteiger partial charge in [-0.2, -0.15) is 0 Å². The minimum atomic E-state index is -3.87. The largest absolute Gasteiger partial charge is 0.489 e. The molecule has 9 heteroatoms. The maximum atomic E-state index is 14.3. The fourth-order valence-electron chi connectivity index (χ4n) is 5.01. The molecule has 0 heterocycles. The highest BCUT2D eigenvalue weighted by molar-refractivity contribution is 7.92. The molecule has 8 nitrogen and oxygen atoms in total. The number of carbonyl (C=O) groups is 2. The number of ether oxygens (including phenoxy) is 1. The molecule has 0 aliphatic carbocycles. The lowest BCUT2D eigenvalue weighted by Crippen LogP contribution is -2.53. The van der Waals surface area contributed by atoms with Crippen molar-refractivity contribution in [3.8, 4) is 5.75 Å². The summed E-state index contributed by atoms with van der Waals surface area (Å²) in [5, 5.41) is 3.00. The summed E-state index contributed by atoms with van der Waals surface area (Å²) in [6, 6.07) is 32.8. The molecule has 0 saturated heterocycles. The Labute approximate surface area is 273 Å². The van der Waals surface area contributed by atoms with Gasteiger partial charge in [0.2, 0.25) is 21.8 Å². The molecule has 0 unspecified atom stereocenters. The zero-order valence-electron chi connectivity index (χ0n) is 26.8. The molecule has 0 saturated carbocycles. The van der Waals surface area contributed by atoms with Crippen LogP contribution in [0.2, 0.25) is 0 Å². The predicted octanol–water partition coefficient (Wildman–Crippen LogP) is 5.90. The van der Waals surface area contributed by atoms with Gasteiger partial charge in [0.25, 0.3) is 0 Å². The van der Waals surface area contributed by atoms with E-state index in [1.165, 1.54) is 4.90 Å². The molecule has 242 valence electrons. The number of carbonyl (C=O) groups excluding carboxylic acids is 2. The number of hydrogen-bond donors (Lipinski definition) is 1. The first-order chi connectivity index (χ1) is 22.1. The molecular weight excluding hydrogens is 598 g/mol. The van der Waals surface area contributed by atoms with E-state index in [4.69, 9.17) is 4.74 Å². The molecule has 0 bridgehead atoms. The summed E-state index contributed by atoms with van der Waals surface area (Å²) in [4.78, 5) is 29.5. The van der Waals surface area contributed by atoms with E-state index in [1.807, 2.05) is 98.8 Å². The average molecular weight is 642 g/mol. The summed E-state index contributed by atoms with van der Waals surface area (Å²) >= 11 is 0. The number of aryl methyl sites for hydroxylation is 1. The fraction of sp³-hybridized carbons (Fsp3) is 0.297. The van der Waals surface area contributed by atoms with Crippen LogP contribution < -0.4 is 14.4 Å². The van der Waals surface area contributed by atoms with Gasteiger partial charge < -0.3 is 15.0 Å². The summed E-state index contributed by atoms with van der Waals surface area (Å²) < 4.78 is 33.1. The number of nitrogens with one attached hydrogen (secondary N) is 1. The number of amides is 2. The topological polar surface area (TPSA) is 96.0 Å². The molecule has 0 aliphatic rings. The highest BCUT2D eigenvalue weighted by Crippen LogP contribution is 2.24. The van der Waals surface area contributed by atoms with E-state index in [-0.39, 0.29) is 18.9 Å². The Balaban J connectivity index is 1.63. The lowest BCUT2D eigenvalue weighted by molar-refractivity contribution is -0.140. The number of unbranched alkanes of at least 4 members (excludes halogenated alkanes) is 1. The first-order valence-electron chi connectivity index (χ1n) is 15.5. The Morgan fingerprint density at radius 3 is 2.00 bits per heavy atom. The third-order valence-corrected chi connectivity index (χ3v) is 8.77. The van der Waals surface area contributed by atoms with Gasteiger partial charge in [0.1, 0.15) is 24.9 Å². The lowest BCUT2D eigenvalue weighted by atomic mass is 10.0. The molecule has 0 radical (unpaired) electrons. The van der Waals surface area contributed by atoms with Crippen LogP contribution in [0.4, 0.5) is 5.69 Å². The van der Waals surface area contributed by atoms with Crippen molar-refractivity contribution in [3.63, 3.8) is 0 Å². The molecular formula is C37H43N3O5S. The highest BCUT2D eigenvalue weighted by Gasteiger charge is 2.33. The van der Waals surface area contributed by atoms with Crippen molar-refractivity contribution in [3.05, 3.63) is 131 Å². The van der Waals surface area contributed by atoms with Gasteiger partial charge in [-0.3, -0.25) is 13.9 Å². The van der Waals surface area contributed by atoms with Crippen molar-refractivity contribution in [2.75, 3.05) is 23.7 Å². The smallest absolute Gasteiger partial charge is 0.244 e. The molecule has 0 fully saturated rings. The van der Waals surface area contributed by atoms with E-state index in [0.717, 1.165) is 45.7 Å². The second-order valence-electron chi connectivity index (χ2n) is 11.4. The van der Waals surface area contributed by atoms with Crippen molar-refractivity contribution >= 4 is 27.5 Å². The van der Waals surface area contributed by atoms with Gasteiger partial charge in [0.15, 0.2) is 0 Å². The van der Waals surface area contributed by atoms with Gasteiger partial charge in [0.05, 0.1) is 11.9 Å². The van der Waals surface area contributed by atoms with E-state index >= 15 is 0 Å². The number of nitrogens with zero attached hydrogens (tertiary/aromatic N) is 2. The Bertz CT molecular complexity index is 1650. The van der Waals surface area contributed by atoms with Gasteiger partial charge in [-0.1, -0.05) is 104 Å². The van der Waals surface area contributed by atoms with Crippen LogP contribution in [-0.4, -0.2) is 50.5 Å². The monoisotopic (exact) mass is 641 g/mol. The molecule has 0 spiro atoms. The first kappa shape index (κ1) is 34.2. The molecule has 1 atom stereocenters. The quantitative estimate of drug-likeness (QED) is 0.154. The maximum absolute atomic E-state index is 14.3. The molecule has 4 aromatic rings. The van der Waals surface area contributed by atoms with Gasteiger partial charge in [-0.15, -0.1) is 0 Å². The van der Waals surface area contributed by atoms with E-state index in [1.54, 1.807) is 24.3 Å². The molecule has 4 rings (SSSR count). The number of sulfonamides is 1. The lowest BCUT2D eigenvalue weighted by Gasteiger charge is -2.33. The number of benzene rings is 4. The zero-order valence-corrected chi connectivity index (χ0v) is 27.6. The summed E-state index contributed by atoms with van der Waals surface area (Å²) in [7, 11) is -3.87. The first-order valence-corrected chi connectivity index (χ1v) is 17.4. The van der Waals surface area contributed by atoms with Gasteiger partial charge in [-0.05, 0) is 54.3 Å². The van der Waals surface area contributed by atoms with Crippen LogP contribution in [0.15, 0.2) is 109 Å². The Hall–Kier alpha value is -4.63. The van der Waals surface area contributed by atoms with Crippen molar-refractivity contribution < 1.29 is 22.7 Å². The van der Waals surface area contributed by atoms with Crippen LogP contribution in [0.25, 0.3) is 0 Å².